The summed E-state index contributed by atoms with van der Waals surface area (Å²) in [6.07, 6.45) is 2.17. The first-order valence-electron chi connectivity index (χ1n) is 8.58. The van der Waals surface area contributed by atoms with Crippen LogP contribution in [-0.2, 0) is 16.0 Å². The average molecular weight is 360 g/mol. The van der Waals surface area contributed by atoms with Gasteiger partial charge in [0.2, 0.25) is 5.91 Å². The van der Waals surface area contributed by atoms with Gasteiger partial charge in [-0.25, -0.2) is 0 Å². The van der Waals surface area contributed by atoms with E-state index in [2.05, 4.69) is 22.6 Å². The first-order chi connectivity index (χ1) is 12.1. The molecule has 1 fully saturated rings. The number of nitrogens with zero attached hydrogens (tertiary/aromatic N) is 1. The molecule has 0 spiro atoms. The summed E-state index contributed by atoms with van der Waals surface area (Å²) in [6, 6.07) is 10.4. The number of benzene rings is 1. The van der Waals surface area contributed by atoms with Crippen molar-refractivity contribution in [2.24, 2.45) is 0 Å². The summed E-state index contributed by atoms with van der Waals surface area (Å²) in [7, 11) is 0. The fourth-order valence-electron chi connectivity index (χ4n) is 3.03. The van der Waals surface area contributed by atoms with E-state index in [1.54, 1.807) is 0 Å². The number of amides is 1. The third-order valence-electron chi connectivity index (χ3n) is 4.61. The van der Waals surface area contributed by atoms with Gasteiger partial charge in [0.05, 0.1) is 12.1 Å². The van der Waals surface area contributed by atoms with Gasteiger partial charge in [-0.3, -0.25) is 4.79 Å². The molecule has 25 heavy (non-hydrogen) atoms. The highest BCUT2D eigenvalue weighted by atomic mass is 32.2. The fourth-order valence-corrected chi connectivity index (χ4v) is 4.34. The maximum absolute atomic E-state index is 12.4. The van der Waals surface area contributed by atoms with Gasteiger partial charge < -0.3 is 14.6 Å². The van der Waals surface area contributed by atoms with Crippen LogP contribution in [0.3, 0.4) is 0 Å². The molecule has 1 aromatic carbocycles. The molecule has 0 saturated carbocycles. The number of carbonyl (C=O) groups excluding carboxylic acids is 1. The summed E-state index contributed by atoms with van der Waals surface area (Å²) in [4.78, 5) is 13.7. The van der Waals surface area contributed by atoms with Gasteiger partial charge in [0.1, 0.15) is 5.76 Å². The Labute approximate surface area is 152 Å². The van der Waals surface area contributed by atoms with Crippen molar-refractivity contribution in [1.29, 1.82) is 0 Å². The molecule has 0 aliphatic carbocycles. The molecule has 6 heteroatoms. The molecule has 2 aromatic rings. The van der Waals surface area contributed by atoms with Crippen molar-refractivity contribution in [1.82, 2.24) is 10.5 Å². The van der Waals surface area contributed by atoms with E-state index in [0.29, 0.717) is 18.7 Å². The molecule has 1 amide bonds. The fraction of sp³-hybridized carbons (Fsp3) is 0.474. The van der Waals surface area contributed by atoms with E-state index in [1.807, 2.05) is 43.8 Å². The third-order valence-corrected chi connectivity index (χ3v) is 6.10. The highest BCUT2D eigenvalue weighted by Crippen LogP contribution is 2.40. The SMILES string of the molecule is Cc1noc(C)c1CC(=O)NCC1(Sc2ccccc2)CCOCC1. The summed E-state index contributed by atoms with van der Waals surface area (Å²) in [5, 5.41) is 7.03. The molecule has 134 valence electrons. The number of aromatic nitrogens is 1. The Morgan fingerprint density at radius 3 is 2.60 bits per heavy atom. The Hall–Kier alpha value is -1.79. The zero-order chi connectivity index (χ0) is 17.7. The number of rotatable bonds is 6. The molecule has 0 unspecified atom stereocenters. The Kier molecular flexibility index (Phi) is 5.81. The van der Waals surface area contributed by atoms with Crippen LogP contribution in [-0.4, -0.2) is 35.6 Å². The molecule has 3 rings (SSSR count). The first kappa shape index (κ1) is 18.0. The quantitative estimate of drug-likeness (QED) is 0.856. The lowest BCUT2D eigenvalue weighted by Gasteiger charge is -2.36. The minimum atomic E-state index is -0.0198. The average Bonchev–Trinajstić information content (AvgIpc) is 2.94. The van der Waals surface area contributed by atoms with Crippen molar-refractivity contribution in [3.8, 4) is 0 Å². The standard InChI is InChI=1S/C19H24N2O3S/c1-14-17(15(2)24-21-14)12-18(22)20-13-19(8-10-23-11-9-19)25-16-6-4-3-5-7-16/h3-7H,8-13H2,1-2H3,(H,20,22). The summed E-state index contributed by atoms with van der Waals surface area (Å²) in [6.45, 7) is 5.81. The number of nitrogens with one attached hydrogen (secondary N) is 1. The molecule has 1 saturated heterocycles. The van der Waals surface area contributed by atoms with Gasteiger partial charge in [0.15, 0.2) is 0 Å². The van der Waals surface area contributed by atoms with Gasteiger partial charge in [-0.1, -0.05) is 23.4 Å². The zero-order valence-corrected chi connectivity index (χ0v) is 15.5. The number of hydrogen-bond acceptors (Lipinski definition) is 5. The highest BCUT2D eigenvalue weighted by molar-refractivity contribution is 8.00. The van der Waals surface area contributed by atoms with Crippen molar-refractivity contribution >= 4 is 17.7 Å². The molecule has 2 heterocycles. The zero-order valence-electron chi connectivity index (χ0n) is 14.7. The topological polar surface area (TPSA) is 64.4 Å². The predicted molar refractivity (Wildman–Crippen MR) is 97.8 cm³/mol. The summed E-state index contributed by atoms with van der Waals surface area (Å²) in [5.41, 5.74) is 1.67. The van der Waals surface area contributed by atoms with Crippen LogP contribution < -0.4 is 5.32 Å². The van der Waals surface area contributed by atoms with Crippen LogP contribution in [0.5, 0.6) is 0 Å². The summed E-state index contributed by atoms with van der Waals surface area (Å²) < 4.78 is 10.7. The molecular formula is C19H24N2O3S. The van der Waals surface area contributed by atoms with Crippen LogP contribution in [0, 0.1) is 13.8 Å². The number of carbonyl (C=O) groups is 1. The molecule has 1 aromatic heterocycles. The maximum Gasteiger partial charge on any atom is 0.224 e. The Morgan fingerprint density at radius 1 is 1.24 bits per heavy atom. The first-order valence-corrected chi connectivity index (χ1v) is 9.40. The van der Waals surface area contributed by atoms with E-state index in [1.165, 1.54) is 4.90 Å². The van der Waals surface area contributed by atoms with E-state index >= 15 is 0 Å². The van der Waals surface area contributed by atoms with Gasteiger partial charge in [-0.2, -0.15) is 0 Å². The second-order valence-electron chi connectivity index (χ2n) is 6.47. The van der Waals surface area contributed by atoms with E-state index in [9.17, 15) is 4.79 Å². The van der Waals surface area contributed by atoms with Crippen molar-refractivity contribution in [2.75, 3.05) is 19.8 Å². The summed E-state index contributed by atoms with van der Waals surface area (Å²) >= 11 is 1.84. The molecule has 0 atom stereocenters. The third kappa shape index (κ3) is 4.64. The van der Waals surface area contributed by atoms with Gasteiger partial charge in [0.25, 0.3) is 0 Å². The minimum absolute atomic E-state index is 0.00827. The predicted octanol–water partition coefficient (Wildman–Crippen LogP) is 3.29. The van der Waals surface area contributed by atoms with Gasteiger partial charge >= 0.3 is 0 Å². The van der Waals surface area contributed by atoms with Crippen LogP contribution in [0.2, 0.25) is 0 Å². The van der Waals surface area contributed by atoms with Crippen molar-refractivity contribution in [3.63, 3.8) is 0 Å². The maximum atomic E-state index is 12.4. The van der Waals surface area contributed by atoms with E-state index in [-0.39, 0.29) is 10.7 Å². The molecule has 0 bridgehead atoms. The Bertz CT molecular complexity index is 689. The molecule has 1 N–H and O–H groups in total. The number of thioether (sulfide) groups is 1. The van der Waals surface area contributed by atoms with Gasteiger partial charge in [0, 0.05) is 35.0 Å². The van der Waals surface area contributed by atoms with Crippen LogP contribution in [0.25, 0.3) is 0 Å². The lowest BCUT2D eigenvalue weighted by atomic mass is 9.99. The second-order valence-corrected chi connectivity index (χ2v) is 8.01. The molecule has 1 aliphatic heterocycles. The molecular weight excluding hydrogens is 336 g/mol. The molecule has 0 radical (unpaired) electrons. The van der Waals surface area contributed by atoms with Crippen LogP contribution in [0.4, 0.5) is 0 Å². The highest BCUT2D eigenvalue weighted by Gasteiger charge is 2.34. The number of aryl methyl sites for hydroxylation is 2. The molecule has 5 nitrogen and oxygen atoms in total. The van der Waals surface area contributed by atoms with Crippen molar-refractivity contribution < 1.29 is 14.1 Å². The molecule has 1 aliphatic rings. The van der Waals surface area contributed by atoms with Crippen molar-refractivity contribution in [2.45, 2.75) is 42.8 Å². The van der Waals surface area contributed by atoms with Crippen molar-refractivity contribution in [3.05, 3.63) is 47.3 Å². The smallest absolute Gasteiger partial charge is 0.224 e. The van der Waals surface area contributed by atoms with E-state index in [0.717, 1.165) is 37.3 Å². The summed E-state index contributed by atoms with van der Waals surface area (Å²) in [5.74, 6) is 0.723. The minimum Gasteiger partial charge on any atom is -0.381 e. The largest absolute Gasteiger partial charge is 0.381 e. The van der Waals surface area contributed by atoms with E-state index in [4.69, 9.17) is 9.26 Å². The van der Waals surface area contributed by atoms with Crippen LogP contribution in [0.15, 0.2) is 39.8 Å². The lowest BCUT2D eigenvalue weighted by molar-refractivity contribution is -0.120. The normalized spacial score (nSPS) is 16.6. The van der Waals surface area contributed by atoms with Gasteiger partial charge in [-0.05, 0) is 38.8 Å². The van der Waals surface area contributed by atoms with Crippen LogP contribution in [0.1, 0.15) is 29.9 Å². The second kappa shape index (κ2) is 8.06. The lowest BCUT2D eigenvalue weighted by Crippen LogP contribution is -2.44. The number of hydrogen-bond donors (Lipinski definition) is 1. The van der Waals surface area contributed by atoms with E-state index < -0.39 is 0 Å². The van der Waals surface area contributed by atoms with Gasteiger partial charge in [-0.15, -0.1) is 11.8 Å². The van der Waals surface area contributed by atoms with Crippen LogP contribution >= 0.6 is 11.8 Å². The number of ether oxygens (including phenoxy) is 1. The Balaban J connectivity index is 1.63. The Morgan fingerprint density at radius 2 is 1.96 bits per heavy atom. The monoisotopic (exact) mass is 360 g/mol.